The van der Waals surface area contributed by atoms with Crippen LogP contribution in [0.2, 0.25) is 0 Å². The molecule has 1 aromatic rings. The lowest BCUT2D eigenvalue weighted by molar-refractivity contribution is 0.177. The van der Waals surface area contributed by atoms with Crippen molar-refractivity contribution in [3.05, 3.63) is 18.0 Å². The monoisotopic (exact) mass is 220 g/mol. The Labute approximate surface area is 94.6 Å². The van der Waals surface area contributed by atoms with Crippen LogP contribution in [-0.2, 0) is 11.3 Å². The summed E-state index contributed by atoms with van der Waals surface area (Å²) in [6, 6.07) is 1.86. The number of hydrogen-bond donors (Lipinski definition) is 1. The lowest BCUT2D eigenvalue weighted by Crippen LogP contribution is -2.24. The van der Waals surface area contributed by atoms with E-state index in [2.05, 4.69) is 14.9 Å². The van der Waals surface area contributed by atoms with Crippen molar-refractivity contribution in [2.45, 2.75) is 6.54 Å². The quantitative estimate of drug-likeness (QED) is 0.761. The summed E-state index contributed by atoms with van der Waals surface area (Å²) in [4.78, 5) is 11.0. The first kappa shape index (κ1) is 9.99. The smallest absolute Gasteiger partial charge is 0.225 e. The fraction of sp³-hybridized carbons (Fsp3) is 0.636. The third-order valence-electron chi connectivity index (χ3n) is 3.43. The van der Waals surface area contributed by atoms with Crippen LogP contribution in [0.5, 0.6) is 0 Å². The Morgan fingerprint density at radius 2 is 2.12 bits per heavy atom. The maximum absolute atomic E-state index is 5.58. The summed E-state index contributed by atoms with van der Waals surface area (Å²) in [6.45, 7) is 4.27. The molecule has 0 radical (unpaired) electrons. The van der Waals surface area contributed by atoms with Crippen molar-refractivity contribution in [3.63, 3.8) is 0 Å². The van der Waals surface area contributed by atoms with Gasteiger partial charge in [-0.2, -0.15) is 0 Å². The van der Waals surface area contributed by atoms with Gasteiger partial charge in [-0.1, -0.05) is 0 Å². The Morgan fingerprint density at radius 3 is 2.81 bits per heavy atom. The first-order valence-corrected chi connectivity index (χ1v) is 5.71. The largest absolute Gasteiger partial charge is 0.381 e. The minimum Gasteiger partial charge on any atom is -0.381 e. The zero-order valence-electron chi connectivity index (χ0n) is 9.17. The van der Waals surface area contributed by atoms with Crippen molar-refractivity contribution in [2.75, 3.05) is 31.2 Å². The molecular weight excluding hydrogens is 204 g/mol. The average Bonchev–Trinajstić information content (AvgIpc) is 2.89. The van der Waals surface area contributed by atoms with Crippen LogP contribution in [0.1, 0.15) is 5.69 Å². The maximum atomic E-state index is 5.58. The van der Waals surface area contributed by atoms with E-state index in [1.54, 1.807) is 6.20 Å². The van der Waals surface area contributed by atoms with Gasteiger partial charge in [-0.3, -0.25) is 0 Å². The molecule has 0 saturated carbocycles. The summed E-state index contributed by atoms with van der Waals surface area (Å²) in [6.07, 6.45) is 1.79. The van der Waals surface area contributed by atoms with E-state index in [-0.39, 0.29) is 0 Å². The van der Waals surface area contributed by atoms with E-state index < -0.39 is 0 Å². The lowest BCUT2D eigenvalue weighted by atomic mass is 10.0. The van der Waals surface area contributed by atoms with E-state index in [9.17, 15) is 0 Å². The van der Waals surface area contributed by atoms with Crippen LogP contribution < -0.4 is 10.6 Å². The molecule has 0 amide bonds. The Kier molecular flexibility index (Phi) is 2.49. The molecule has 5 heteroatoms. The number of nitrogens with zero attached hydrogens (tertiary/aromatic N) is 3. The molecule has 16 heavy (non-hydrogen) atoms. The zero-order valence-corrected chi connectivity index (χ0v) is 9.17. The molecule has 2 aliphatic heterocycles. The highest BCUT2D eigenvalue weighted by Crippen LogP contribution is 2.30. The molecule has 0 aromatic carbocycles. The Bertz CT molecular complexity index is 372. The molecule has 2 saturated heterocycles. The number of rotatable bonds is 2. The van der Waals surface area contributed by atoms with E-state index in [4.69, 9.17) is 10.5 Å². The third kappa shape index (κ3) is 1.66. The molecule has 2 atom stereocenters. The molecule has 0 aliphatic carbocycles. The van der Waals surface area contributed by atoms with Crippen LogP contribution >= 0.6 is 0 Å². The molecule has 2 aliphatic rings. The number of hydrogen-bond acceptors (Lipinski definition) is 5. The van der Waals surface area contributed by atoms with Crippen LogP contribution in [0, 0.1) is 11.8 Å². The summed E-state index contributed by atoms with van der Waals surface area (Å²) in [7, 11) is 0. The number of nitrogens with two attached hydrogens (primary N) is 1. The molecule has 0 spiro atoms. The van der Waals surface area contributed by atoms with Crippen molar-refractivity contribution in [1.82, 2.24) is 9.97 Å². The van der Waals surface area contributed by atoms with Crippen molar-refractivity contribution < 1.29 is 4.74 Å². The van der Waals surface area contributed by atoms with E-state index >= 15 is 0 Å². The summed E-state index contributed by atoms with van der Waals surface area (Å²) in [5.41, 5.74) is 6.48. The fourth-order valence-corrected chi connectivity index (χ4v) is 2.50. The molecule has 5 nitrogen and oxygen atoms in total. The molecule has 2 fully saturated rings. The topological polar surface area (TPSA) is 64.3 Å². The van der Waals surface area contributed by atoms with E-state index in [1.807, 2.05) is 6.07 Å². The maximum Gasteiger partial charge on any atom is 0.225 e. The predicted molar refractivity (Wildman–Crippen MR) is 59.9 cm³/mol. The Hall–Kier alpha value is -1.20. The van der Waals surface area contributed by atoms with Crippen LogP contribution in [-0.4, -0.2) is 36.3 Å². The van der Waals surface area contributed by atoms with E-state index in [0.29, 0.717) is 18.4 Å². The van der Waals surface area contributed by atoms with Gasteiger partial charge in [0.1, 0.15) is 0 Å². The van der Waals surface area contributed by atoms with Gasteiger partial charge in [-0.25, -0.2) is 9.97 Å². The molecule has 2 N–H and O–H groups in total. The van der Waals surface area contributed by atoms with Gasteiger partial charge in [0.15, 0.2) is 0 Å². The summed E-state index contributed by atoms with van der Waals surface area (Å²) in [5, 5.41) is 0. The first-order valence-electron chi connectivity index (χ1n) is 5.71. The number of aromatic nitrogens is 2. The first-order chi connectivity index (χ1) is 7.86. The summed E-state index contributed by atoms with van der Waals surface area (Å²) < 4.78 is 5.45. The highest BCUT2D eigenvalue weighted by Gasteiger charge is 2.37. The highest BCUT2D eigenvalue weighted by molar-refractivity contribution is 5.33. The van der Waals surface area contributed by atoms with Gasteiger partial charge in [-0.15, -0.1) is 0 Å². The second-order valence-corrected chi connectivity index (χ2v) is 4.51. The molecule has 3 heterocycles. The number of anilines is 1. The van der Waals surface area contributed by atoms with E-state index in [1.165, 1.54) is 0 Å². The van der Waals surface area contributed by atoms with Gasteiger partial charge < -0.3 is 15.4 Å². The van der Waals surface area contributed by atoms with E-state index in [0.717, 1.165) is 37.9 Å². The van der Waals surface area contributed by atoms with Crippen LogP contribution in [0.4, 0.5) is 5.95 Å². The van der Waals surface area contributed by atoms with Crippen LogP contribution in [0.25, 0.3) is 0 Å². The molecule has 3 rings (SSSR count). The molecule has 2 unspecified atom stereocenters. The van der Waals surface area contributed by atoms with Gasteiger partial charge in [0.05, 0.1) is 18.9 Å². The molecule has 0 bridgehead atoms. The Morgan fingerprint density at radius 1 is 1.38 bits per heavy atom. The fourth-order valence-electron chi connectivity index (χ4n) is 2.50. The van der Waals surface area contributed by atoms with Crippen molar-refractivity contribution in [3.8, 4) is 0 Å². The standard InChI is InChI=1S/C11H16N4O/c12-3-10-1-2-13-11(14-10)15-4-8-6-16-7-9(8)5-15/h1-2,8-9H,3-7,12H2. The van der Waals surface area contributed by atoms with Crippen molar-refractivity contribution in [1.29, 1.82) is 0 Å². The van der Waals surface area contributed by atoms with Gasteiger partial charge in [0.25, 0.3) is 0 Å². The molecule has 86 valence electrons. The summed E-state index contributed by atoms with van der Waals surface area (Å²) in [5.74, 6) is 2.13. The predicted octanol–water partition coefficient (Wildman–Crippen LogP) is 0.0179. The van der Waals surface area contributed by atoms with Gasteiger partial charge in [0.2, 0.25) is 5.95 Å². The second kappa shape index (κ2) is 3.99. The number of ether oxygens (including phenoxy) is 1. The zero-order chi connectivity index (χ0) is 11.0. The van der Waals surface area contributed by atoms with Crippen molar-refractivity contribution in [2.24, 2.45) is 17.6 Å². The SMILES string of the molecule is NCc1ccnc(N2CC3COCC3C2)n1. The second-order valence-electron chi connectivity index (χ2n) is 4.51. The van der Waals surface area contributed by atoms with Crippen LogP contribution in [0.3, 0.4) is 0 Å². The minimum atomic E-state index is 0.472. The van der Waals surface area contributed by atoms with Gasteiger partial charge in [-0.05, 0) is 6.07 Å². The highest BCUT2D eigenvalue weighted by atomic mass is 16.5. The van der Waals surface area contributed by atoms with Gasteiger partial charge in [0, 0.05) is 37.7 Å². The Balaban J connectivity index is 1.78. The molecule has 1 aromatic heterocycles. The summed E-state index contributed by atoms with van der Waals surface area (Å²) >= 11 is 0. The molecular formula is C11H16N4O. The van der Waals surface area contributed by atoms with Gasteiger partial charge >= 0.3 is 0 Å². The normalized spacial score (nSPS) is 28.4. The number of fused-ring (bicyclic) bond motifs is 1. The average molecular weight is 220 g/mol. The lowest BCUT2D eigenvalue weighted by Gasteiger charge is -2.17. The van der Waals surface area contributed by atoms with Crippen molar-refractivity contribution >= 4 is 5.95 Å². The minimum absolute atomic E-state index is 0.472. The third-order valence-corrected chi connectivity index (χ3v) is 3.43. The van der Waals surface area contributed by atoms with Crippen LogP contribution in [0.15, 0.2) is 12.3 Å².